The Morgan fingerprint density at radius 1 is 1.04 bits per heavy atom. The molecular formula is C20H22N2O4. The van der Waals surface area contributed by atoms with Crippen molar-refractivity contribution in [2.24, 2.45) is 0 Å². The molecule has 2 aromatic rings. The van der Waals surface area contributed by atoms with Gasteiger partial charge in [-0.05, 0) is 43.2 Å². The highest BCUT2D eigenvalue weighted by Gasteiger charge is 2.15. The van der Waals surface area contributed by atoms with E-state index in [1.807, 2.05) is 13.0 Å². The van der Waals surface area contributed by atoms with Gasteiger partial charge in [0.25, 0.3) is 11.8 Å². The topological polar surface area (TPSA) is 86.7 Å². The van der Waals surface area contributed by atoms with Gasteiger partial charge < -0.3 is 15.3 Å². The van der Waals surface area contributed by atoms with E-state index in [0.29, 0.717) is 29.8 Å². The molecular weight excluding hydrogens is 332 g/mol. The molecule has 0 aromatic heterocycles. The first-order valence-electron chi connectivity index (χ1n) is 8.33. The molecule has 0 atom stereocenters. The second-order valence-corrected chi connectivity index (χ2v) is 6.07. The lowest BCUT2D eigenvalue weighted by Crippen LogP contribution is -2.28. The zero-order chi connectivity index (χ0) is 19.1. The van der Waals surface area contributed by atoms with Gasteiger partial charge >= 0.3 is 5.97 Å². The number of nitrogens with one attached hydrogen (secondary N) is 1. The Bertz CT molecular complexity index is 803. The standard InChI is InChI=1S/C20H22N2O4/c1-14-10-11-16(20(26)22(2)12-6-9-18(23)24)13-17(14)21-19(25)15-7-4-3-5-8-15/h3-5,7-8,10-11,13H,6,9,12H2,1-2H3,(H,21,25)(H,23,24). The van der Waals surface area contributed by atoms with Crippen molar-refractivity contribution in [3.05, 3.63) is 65.2 Å². The van der Waals surface area contributed by atoms with Crippen LogP contribution >= 0.6 is 0 Å². The van der Waals surface area contributed by atoms with Crippen molar-refractivity contribution >= 4 is 23.5 Å². The maximum atomic E-state index is 12.5. The normalized spacial score (nSPS) is 10.2. The van der Waals surface area contributed by atoms with E-state index in [1.165, 1.54) is 4.90 Å². The molecule has 26 heavy (non-hydrogen) atoms. The van der Waals surface area contributed by atoms with Gasteiger partial charge in [0.15, 0.2) is 0 Å². The molecule has 0 unspecified atom stereocenters. The number of aliphatic carboxylic acids is 1. The minimum absolute atomic E-state index is 0.0178. The molecule has 0 aliphatic rings. The summed E-state index contributed by atoms with van der Waals surface area (Å²) in [5, 5.41) is 11.5. The number of carboxylic acids is 1. The van der Waals surface area contributed by atoms with Gasteiger partial charge in [0.1, 0.15) is 0 Å². The summed E-state index contributed by atoms with van der Waals surface area (Å²) >= 11 is 0. The summed E-state index contributed by atoms with van der Waals surface area (Å²) in [7, 11) is 1.63. The Hall–Kier alpha value is -3.15. The molecule has 0 saturated heterocycles. The van der Waals surface area contributed by atoms with Crippen molar-refractivity contribution in [1.82, 2.24) is 4.90 Å². The molecule has 2 N–H and O–H groups in total. The van der Waals surface area contributed by atoms with Gasteiger partial charge in [-0.1, -0.05) is 24.3 Å². The molecule has 0 aliphatic carbocycles. The molecule has 6 heteroatoms. The maximum absolute atomic E-state index is 12.5. The summed E-state index contributed by atoms with van der Waals surface area (Å²) in [6.07, 6.45) is 0.408. The van der Waals surface area contributed by atoms with Crippen LogP contribution in [-0.4, -0.2) is 41.4 Å². The number of nitrogens with zero attached hydrogens (tertiary/aromatic N) is 1. The van der Waals surface area contributed by atoms with E-state index in [2.05, 4.69) is 5.32 Å². The number of anilines is 1. The molecule has 0 bridgehead atoms. The monoisotopic (exact) mass is 354 g/mol. The molecule has 0 heterocycles. The van der Waals surface area contributed by atoms with Crippen LogP contribution in [0.1, 0.15) is 39.1 Å². The Kier molecular flexibility index (Phi) is 6.49. The molecule has 2 amide bonds. The highest BCUT2D eigenvalue weighted by molar-refractivity contribution is 6.05. The third-order valence-electron chi connectivity index (χ3n) is 4.00. The highest BCUT2D eigenvalue weighted by Crippen LogP contribution is 2.19. The number of benzene rings is 2. The van der Waals surface area contributed by atoms with E-state index in [4.69, 9.17) is 5.11 Å². The maximum Gasteiger partial charge on any atom is 0.303 e. The Morgan fingerprint density at radius 2 is 1.73 bits per heavy atom. The SMILES string of the molecule is Cc1ccc(C(=O)N(C)CCCC(=O)O)cc1NC(=O)c1ccccc1. The quantitative estimate of drug-likeness (QED) is 0.799. The van der Waals surface area contributed by atoms with Crippen molar-refractivity contribution in [2.45, 2.75) is 19.8 Å². The minimum Gasteiger partial charge on any atom is -0.481 e. The number of aryl methyl sites for hydroxylation is 1. The number of carbonyl (C=O) groups excluding carboxylic acids is 2. The van der Waals surface area contributed by atoms with E-state index < -0.39 is 5.97 Å². The fourth-order valence-corrected chi connectivity index (χ4v) is 2.46. The number of carboxylic acid groups (broad SMARTS) is 1. The largest absolute Gasteiger partial charge is 0.481 e. The lowest BCUT2D eigenvalue weighted by atomic mass is 10.1. The Balaban J connectivity index is 2.09. The van der Waals surface area contributed by atoms with E-state index in [9.17, 15) is 14.4 Å². The summed E-state index contributed by atoms with van der Waals surface area (Å²) in [5.41, 5.74) is 2.40. The van der Waals surface area contributed by atoms with E-state index >= 15 is 0 Å². The number of hydrogen-bond donors (Lipinski definition) is 2. The van der Waals surface area contributed by atoms with Crippen LogP contribution in [0, 0.1) is 6.92 Å². The van der Waals surface area contributed by atoms with Crippen LogP contribution in [0.3, 0.4) is 0 Å². The predicted octanol–water partition coefficient (Wildman–Crippen LogP) is 3.18. The zero-order valence-electron chi connectivity index (χ0n) is 14.9. The van der Waals surface area contributed by atoms with Gasteiger partial charge in [-0.2, -0.15) is 0 Å². The Morgan fingerprint density at radius 3 is 2.38 bits per heavy atom. The molecule has 136 valence electrons. The third-order valence-corrected chi connectivity index (χ3v) is 4.00. The van der Waals surface area contributed by atoms with E-state index in [1.54, 1.807) is 49.5 Å². The average molecular weight is 354 g/mol. The summed E-state index contributed by atoms with van der Waals surface area (Å²) in [6.45, 7) is 2.20. The van der Waals surface area contributed by atoms with Crippen molar-refractivity contribution in [2.75, 3.05) is 18.9 Å². The van der Waals surface area contributed by atoms with Crippen LogP contribution < -0.4 is 5.32 Å². The van der Waals surface area contributed by atoms with Gasteiger partial charge in [-0.25, -0.2) is 0 Å². The van der Waals surface area contributed by atoms with Crippen molar-refractivity contribution in [1.29, 1.82) is 0 Å². The van der Waals surface area contributed by atoms with Gasteiger partial charge in [0.05, 0.1) is 0 Å². The summed E-state index contributed by atoms with van der Waals surface area (Å²) in [5.74, 6) is -1.34. The summed E-state index contributed by atoms with van der Waals surface area (Å²) in [4.78, 5) is 36.9. The average Bonchev–Trinajstić information content (AvgIpc) is 2.63. The molecule has 0 spiro atoms. The van der Waals surface area contributed by atoms with Crippen LogP contribution in [0.2, 0.25) is 0 Å². The first-order chi connectivity index (χ1) is 12.4. The molecule has 0 radical (unpaired) electrons. The van der Waals surface area contributed by atoms with Gasteiger partial charge in [0, 0.05) is 36.8 Å². The predicted molar refractivity (Wildman–Crippen MR) is 99.4 cm³/mol. The van der Waals surface area contributed by atoms with Gasteiger partial charge in [0.2, 0.25) is 0 Å². The molecule has 0 saturated carbocycles. The molecule has 2 rings (SSSR count). The van der Waals surface area contributed by atoms with Crippen LogP contribution in [0.15, 0.2) is 48.5 Å². The summed E-state index contributed by atoms with van der Waals surface area (Å²) in [6, 6.07) is 14.0. The first kappa shape index (κ1) is 19.2. The smallest absolute Gasteiger partial charge is 0.303 e. The lowest BCUT2D eigenvalue weighted by molar-refractivity contribution is -0.137. The van der Waals surface area contributed by atoms with E-state index in [-0.39, 0.29) is 18.2 Å². The second-order valence-electron chi connectivity index (χ2n) is 6.07. The van der Waals surface area contributed by atoms with E-state index in [0.717, 1.165) is 5.56 Å². The summed E-state index contributed by atoms with van der Waals surface area (Å²) < 4.78 is 0. The molecule has 6 nitrogen and oxygen atoms in total. The zero-order valence-corrected chi connectivity index (χ0v) is 14.9. The fourth-order valence-electron chi connectivity index (χ4n) is 2.46. The lowest BCUT2D eigenvalue weighted by Gasteiger charge is -2.18. The molecule has 2 aromatic carbocycles. The van der Waals surface area contributed by atoms with Crippen LogP contribution in [0.5, 0.6) is 0 Å². The van der Waals surface area contributed by atoms with Crippen LogP contribution in [0.25, 0.3) is 0 Å². The third kappa shape index (κ3) is 5.17. The first-order valence-corrected chi connectivity index (χ1v) is 8.33. The highest BCUT2D eigenvalue weighted by atomic mass is 16.4. The van der Waals surface area contributed by atoms with Gasteiger partial charge in [-0.15, -0.1) is 0 Å². The van der Waals surface area contributed by atoms with Crippen molar-refractivity contribution in [3.63, 3.8) is 0 Å². The Labute approximate surface area is 152 Å². The van der Waals surface area contributed by atoms with Gasteiger partial charge in [-0.3, -0.25) is 14.4 Å². The van der Waals surface area contributed by atoms with Crippen LogP contribution in [0.4, 0.5) is 5.69 Å². The molecule has 0 aliphatic heterocycles. The number of hydrogen-bond acceptors (Lipinski definition) is 3. The number of amides is 2. The number of carbonyl (C=O) groups is 3. The van der Waals surface area contributed by atoms with Crippen molar-refractivity contribution < 1.29 is 19.5 Å². The molecule has 0 fully saturated rings. The minimum atomic E-state index is -0.882. The fraction of sp³-hybridized carbons (Fsp3) is 0.250. The van der Waals surface area contributed by atoms with Crippen molar-refractivity contribution in [3.8, 4) is 0 Å². The van der Waals surface area contributed by atoms with Crippen LogP contribution in [-0.2, 0) is 4.79 Å². The second kappa shape index (κ2) is 8.80. The number of rotatable bonds is 7.